The van der Waals surface area contributed by atoms with E-state index < -0.39 is 5.97 Å². The van der Waals surface area contributed by atoms with Crippen LogP contribution in [0.15, 0.2) is 15.0 Å². The lowest BCUT2D eigenvalue weighted by molar-refractivity contribution is 0.0695. The molecule has 0 atom stereocenters. The lowest BCUT2D eigenvalue weighted by Gasteiger charge is -1.92. The molecule has 2 aromatic rings. The highest BCUT2D eigenvalue weighted by molar-refractivity contribution is 5.90. The normalized spacial score (nSPS) is 10.7. The van der Waals surface area contributed by atoms with Gasteiger partial charge in [0, 0.05) is 0 Å². The van der Waals surface area contributed by atoms with Gasteiger partial charge >= 0.3 is 5.97 Å². The monoisotopic (exact) mass is 221 g/mol. The number of carboxylic acids is 1. The molecule has 16 heavy (non-hydrogen) atoms. The SMILES string of the molecule is Cc1noc(C)c1-c1cc(C(=O)O)c(C)o1. The third kappa shape index (κ3) is 1.50. The van der Waals surface area contributed by atoms with Gasteiger partial charge in [-0.1, -0.05) is 5.16 Å². The van der Waals surface area contributed by atoms with Crippen molar-refractivity contribution in [2.45, 2.75) is 20.8 Å². The molecule has 0 aliphatic rings. The van der Waals surface area contributed by atoms with Crippen molar-refractivity contribution in [3.63, 3.8) is 0 Å². The summed E-state index contributed by atoms with van der Waals surface area (Å²) >= 11 is 0. The molecule has 0 amide bonds. The van der Waals surface area contributed by atoms with Crippen molar-refractivity contribution < 1.29 is 18.8 Å². The Morgan fingerprint density at radius 3 is 2.44 bits per heavy atom. The number of hydrogen-bond donors (Lipinski definition) is 1. The van der Waals surface area contributed by atoms with Gasteiger partial charge in [0.1, 0.15) is 22.8 Å². The molecule has 0 saturated carbocycles. The Hall–Kier alpha value is -2.04. The zero-order valence-electron chi connectivity index (χ0n) is 9.20. The maximum atomic E-state index is 10.9. The first-order valence-electron chi connectivity index (χ1n) is 4.77. The van der Waals surface area contributed by atoms with E-state index in [1.165, 1.54) is 6.07 Å². The van der Waals surface area contributed by atoms with Gasteiger partial charge in [0.2, 0.25) is 0 Å². The van der Waals surface area contributed by atoms with Crippen LogP contribution >= 0.6 is 0 Å². The van der Waals surface area contributed by atoms with E-state index in [-0.39, 0.29) is 5.56 Å². The zero-order valence-corrected chi connectivity index (χ0v) is 9.20. The summed E-state index contributed by atoms with van der Waals surface area (Å²) in [6.07, 6.45) is 0. The number of nitrogens with zero attached hydrogens (tertiary/aromatic N) is 1. The molecular weight excluding hydrogens is 210 g/mol. The van der Waals surface area contributed by atoms with Crippen molar-refractivity contribution in [3.05, 3.63) is 28.8 Å². The Bertz CT molecular complexity index is 531. The molecule has 0 fully saturated rings. The summed E-state index contributed by atoms with van der Waals surface area (Å²) in [6, 6.07) is 1.49. The second-order valence-electron chi connectivity index (χ2n) is 3.58. The largest absolute Gasteiger partial charge is 0.478 e. The molecule has 0 aliphatic heterocycles. The molecule has 2 aromatic heterocycles. The fraction of sp³-hybridized carbons (Fsp3) is 0.273. The molecule has 5 nitrogen and oxygen atoms in total. The Labute approximate surface area is 91.7 Å². The summed E-state index contributed by atoms with van der Waals surface area (Å²) in [6.45, 7) is 5.16. The molecule has 0 aliphatic carbocycles. The number of aromatic nitrogens is 1. The minimum absolute atomic E-state index is 0.162. The van der Waals surface area contributed by atoms with Crippen molar-refractivity contribution in [1.29, 1.82) is 0 Å². The second-order valence-corrected chi connectivity index (χ2v) is 3.58. The number of aryl methyl sites for hydroxylation is 3. The number of carboxylic acid groups (broad SMARTS) is 1. The maximum Gasteiger partial charge on any atom is 0.339 e. The third-order valence-electron chi connectivity index (χ3n) is 2.43. The van der Waals surface area contributed by atoms with E-state index in [2.05, 4.69) is 5.16 Å². The van der Waals surface area contributed by atoms with Crippen LogP contribution in [0.1, 0.15) is 27.6 Å². The summed E-state index contributed by atoms with van der Waals surface area (Å²) in [5, 5.41) is 12.7. The van der Waals surface area contributed by atoms with Crippen molar-refractivity contribution in [3.8, 4) is 11.3 Å². The van der Waals surface area contributed by atoms with Crippen LogP contribution in [0.5, 0.6) is 0 Å². The quantitative estimate of drug-likeness (QED) is 0.843. The molecule has 1 N–H and O–H groups in total. The highest BCUT2D eigenvalue weighted by atomic mass is 16.5. The van der Waals surface area contributed by atoms with Gasteiger partial charge in [-0.3, -0.25) is 0 Å². The van der Waals surface area contributed by atoms with E-state index >= 15 is 0 Å². The smallest absolute Gasteiger partial charge is 0.339 e. The van der Waals surface area contributed by atoms with Gasteiger partial charge in [0.15, 0.2) is 0 Å². The molecule has 5 heteroatoms. The van der Waals surface area contributed by atoms with Gasteiger partial charge in [-0.25, -0.2) is 4.79 Å². The lowest BCUT2D eigenvalue weighted by Crippen LogP contribution is -1.94. The molecular formula is C11H11NO4. The Kier molecular flexibility index (Phi) is 2.30. The Morgan fingerprint density at radius 2 is 2.00 bits per heavy atom. The van der Waals surface area contributed by atoms with Gasteiger partial charge in [-0.05, 0) is 26.8 Å². The van der Waals surface area contributed by atoms with E-state index in [0.29, 0.717) is 23.0 Å². The molecule has 84 valence electrons. The molecule has 0 spiro atoms. The summed E-state index contributed by atoms with van der Waals surface area (Å²) in [5.41, 5.74) is 1.56. The standard InChI is InChI=1S/C11H11NO4/c1-5-10(7(3)16-12-5)9-4-8(11(13)14)6(2)15-9/h4H,1-3H3,(H,13,14). The van der Waals surface area contributed by atoms with Crippen molar-refractivity contribution in [2.75, 3.05) is 0 Å². The van der Waals surface area contributed by atoms with Crippen molar-refractivity contribution >= 4 is 5.97 Å². The van der Waals surface area contributed by atoms with Crippen LogP contribution in [-0.2, 0) is 0 Å². The van der Waals surface area contributed by atoms with Crippen LogP contribution in [0.2, 0.25) is 0 Å². The van der Waals surface area contributed by atoms with Crippen molar-refractivity contribution in [2.24, 2.45) is 0 Å². The first-order chi connectivity index (χ1) is 7.50. The van der Waals surface area contributed by atoms with E-state index in [4.69, 9.17) is 14.0 Å². The lowest BCUT2D eigenvalue weighted by atomic mass is 10.1. The highest BCUT2D eigenvalue weighted by Gasteiger charge is 2.19. The number of aromatic carboxylic acids is 1. The molecule has 2 heterocycles. The van der Waals surface area contributed by atoms with Crippen LogP contribution in [0.25, 0.3) is 11.3 Å². The van der Waals surface area contributed by atoms with Crippen LogP contribution in [-0.4, -0.2) is 16.2 Å². The molecule has 0 saturated heterocycles. The predicted molar refractivity (Wildman–Crippen MR) is 55.4 cm³/mol. The maximum absolute atomic E-state index is 10.9. The second kappa shape index (κ2) is 3.52. The van der Waals surface area contributed by atoms with Crippen LogP contribution in [0.4, 0.5) is 0 Å². The van der Waals surface area contributed by atoms with E-state index in [1.807, 2.05) is 0 Å². The van der Waals surface area contributed by atoms with Gasteiger partial charge in [-0.2, -0.15) is 0 Å². The number of rotatable bonds is 2. The van der Waals surface area contributed by atoms with Crippen LogP contribution in [0, 0.1) is 20.8 Å². The fourth-order valence-electron chi connectivity index (χ4n) is 1.65. The van der Waals surface area contributed by atoms with Crippen molar-refractivity contribution in [1.82, 2.24) is 5.16 Å². The van der Waals surface area contributed by atoms with Gasteiger partial charge in [-0.15, -0.1) is 0 Å². The van der Waals surface area contributed by atoms with E-state index in [9.17, 15) is 4.79 Å². The molecule has 0 bridgehead atoms. The molecule has 0 aromatic carbocycles. The number of hydrogen-bond acceptors (Lipinski definition) is 4. The van der Waals surface area contributed by atoms with E-state index in [0.717, 1.165) is 5.56 Å². The van der Waals surface area contributed by atoms with Gasteiger partial charge in [0.25, 0.3) is 0 Å². The first-order valence-corrected chi connectivity index (χ1v) is 4.77. The fourth-order valence-corrected chi connectivity index (χ4v) is 1.65. The Morgan fingerprint density at radius 1 is 1.31 bits per heavy atom. The van der Waals surface area contributed by atoms with Gasteiger partial charge < -0.3 is 14.0 Å². The predicted octanol–water partition coefficient (Wildman–Crippen LogP) is 2.56. The molecule has 0 unspecified atom stereocenters. The summed E-state index contributed by atoms with van der Waals surface area (Å²) in [7, 11) is 0. The summed E-state index contributed by atoms with van der Waals surface area (Å²) < 4.78 is 10.4. The average molecular weight is 221 g/mol. The first kappa shape index (κ1) is 10.5. The number of carbonyl (C=O) groups is 1. The number of furan rings is 1. The zero-order chi connectivity index (χ0) is 11.9. The third-order valence-corrected chi connectivity index (χ3v) is 2.43. The minimum atomic E-state index is -1.00. The highest BCUT2D eigenvalue weighted by Crippen LogP contribution is 2.30. The molecule has 0 radical (unpaired) electrons. The van der Waals surface area contributed by atoms with Crippen LogP contribution in [0.3, 0.4) is 0 Å². The summed E-state index contributed by atoms with van der Waals surface area (Å²) in [4.78, 5) is 10.9. The van der Waals surface area contributed by atoms with Gasteiger partial charge in [0.05, 0.1) is 11.3 Å². The van der Waals surface area contributed by atoms with Crippen LogP contribution < -0.4 is 0 Å². The van der Waals surface area contributed by atoms with E-state index in [1.54, 1.807) is 20.8 Å². The minimum Gasteiger partial charge on any atom is -0.478 e. The average Bonchev–Trinajstić information content (AvgIpc) is 2.70. The topological polar surface area (TPSA) is 76.5 Å². The summed E-state index contributed by atoms with van der Waals surface area (Å²) in [5.74, 6) is 0.469. The Balaban J connectivity index is 2.58. The molecule has 2 rings (SSSR count).